The topological polar surface area (TPSA) is 72.3 Å². The second kappa shape index (κ2) is 4.32. The third-order valence-corrected chi connectivity index (χ3v) is 1.91. The van der Waals surface area contributed by atoms with Crippen LogP contribution in [0.25, 0.3) is 0 Å². The van der Waals surface area contributed by atoms with Crippen molar-refractivity contribution in [2.45, 2.75) is 12.1 Å². The highest BCUT2D eigenvalue weighted by Crippen LogP contribution is 2.13. The first kappa shape index (κ1) is 10.1. The predicted octanol–water partition coefficient (Wildman–Crippen LogP) is 0.145. The Morgan fingerprint density at radius 3 is 2.31 bits per heavy atom. The van der Waals surface area contributed by atoms with Crippen LogP contribution in [0.15, 0.2) is 24.3 Å². The number of halogens is 1. The molecule has 1 rings (SSSR count). The van der Waals surface area contributed by atoms with Gasteiger partial charge in [0.05, 0.1) is 12.1 Å². The van der Waals surface area contributed by atoms with Crippen LogP contribution in [0.5, 0.6) is 0 Å². The minimum atomic E-state index is -0.787. The summed E-state index contributed by atoms with van der Waals surface area (Å²) in [4.78, 5) is 0. The molecule has 1 aromatic rings. The van der Waals surface area contributed by atoms with Gasteiger partial charge < -0.3 is 16.6 Å². The van der Waals surface area contributed by atoms with Gasteiger partial charge in [-0.2, -0.15) is 0 Å². The van der Waals surface area contributed by atoms with Crippen molar-refractivity contribution in [3.8, 4) is 0 Å². The van der Waals surface area contributed by atoms with Crippen LogP contribution in [0, 0.1) is 5.82 Å². The maximum Gasteiger partial charge on any atom is 0.123 e. The molecule has 0 aliphatic heterocycles. The Morgan fingerprint density at radius 2 is 1.85 bits per heavy atom. The highest BCUT2D eigenvalue weighted by molar-refractivity contribution is 5.20. The van der Waals surface area contributed by atoms with E-state index in [0.717, 1.165) is 0 Å². The lowest BCUT2D eigenvalue weighted by molar-refractivity contribution is 0.153. The second-order valence-electron chi connectivity index (χ2n) is 2.88. The van der Waals surface area contributed by atoms with Crippen molar-refractivity contribution in [2.75, 3.05) is 6.54 Å². The van der Waals surface area contributed by atoms with Gasteiger partial charge in [0.1, 0.15) is 5.82 Å². The maximum absolute atomic E-state index is 12.5. The molecule has 3 nitrogen and oxygen atoms in total. The fourth-order valence-electron chi connectivity index (χ4n) is 1.05. The summed E-state index contributed by atoms with van der Waals surface area (Å²) >= 11 is 0. The van der Waals surface area contributed by atoms with Gasteiger partial charge in [-0.25, -0.2) is 4.39 Å². The molecule has 1 aromatic carbocycles. The summed E-state index contributed by atoms with van der Waals surface area (Å²) in [6, 6.07) is 5.14. The molecule has 4 heteroatoms. The fraction of sp³-hybridized carbons (Fsp3) is 0.333. The second-order valence-corrected chi connectivity index (χ2v) is 2.88. The zero-order valence-corrected chi connectivity index (χ0v) is 7.15. The number of aliphatic hydroxyl groups excluding tert-OH is 1. The molecule has 0 saturated heterocycles. The SMILES string of the molecule is NCC(O)C(N)c1ccc(F)cc1. The van der Waals surface area contributed by atoms with Crippen LogP contribution >= 0.6 is 0 Å². The van der Waals surface area contributed by atoms with Gasteiger partial charge in [-0.15, -0.1) is 0 Å². The summed E-state index contributed by atoms with van der Waals surface area (Å²) < 4.78 is 12.5. The van der Waals surface area contributed by atoms with Crippen LogP contribution in [0.1, 0.15) is 11.6 Å². The van der Waals surface area contributed by atoms with Gasteiger partial charge in [0.25, 0.3) is 0 Å². The molecule has 0 fully saturated rings. The molecular weight excluding hydrogens is 171 g/mol. The molecule has 0 bridgehead atoms. The highest BCUT2D eigenvalue weighted by Gasteiger charge is 2.14. The van der Waals surface area contributed by atoms with Crippen LogP contribution < -0.4 is 11.5 Å². The number of rotatable bonds is 3. The van der Waals surface area contributed by atoms with Crippen molar-refractivity contribution in [1.29, 1.82) is 0 Å². The number of hydrogen-bond acceptors (Lipinski definition) is 3. The van der Waals surface area contributed by atoms with Gasteiger partial charge in [-0.3, -0.25) is 0 Å². The third kappa shape index (κ3) is 2.48. The third-order valence-electron chi connectivity index (χ3n) is 1.91. The largest absolute Gasteiger partial charge is 0.390 e. The normalized spacial score (nSPS) is 15.4. The summed E-state index contributed by atoms with van der Waals surface area (Å²) in [6.45, 7) is 0.0958. The number of nitrogens with two attached hydrogens (primary N) is 2. The predicted molar refractivity (Wildman–Crippen MR) is 48.4 cm³/mol. The monoisotopic (exact) mass is 184 g/mol. The van der Waals surface area contributed by atoms with E-state index in [2.05, 4.69) is 0 Å². The molecule has 0 spiro atoms. The average Bonchev–Trinajstić information content (AvgIpc) is 2.17. The van der Waals surface area contributed by atoms with Crippen molar-refractivity contribution in [3.63, 3.8) is 0 Å². The van der Waals surface area contributed by atoms with Gasteiger partial charge in [-0.05, 0) is 17.7 Å². The summed E-state index contributed by atoms with van der Waals surface area (Å²) in [5, 5.41) is 9.31. The molecule has 0 aromatic heterocycles. The van der Waals surface area contributed by atoms with Crippen LogP contribution in [-0.4, -0.2) is 17.8 Å². The molecule has 5 N–H and O–H groups in total. The molecule has 2 atom stereocenters. The lowest BCUT2D eigenvalue weighted by Crippen LogP contribution is -2.32. The van der Waals surface area contributed by atoms with Crippen molar-refractivity contribution in [2.24, 2.45) is 11.5 Å². The van der Waals surface area contributed by atoms with E-state index in [1.807, 2.05) is 0 Å². The molecule has 0 aliphatic rings. The smallest absolute Gasteiger partial charge is 0.123 e. The summed E-state index contributed by atoms with van der Waals surface area (Å²) in [6.07, 6.45) is -0.787. The summed E-state index contributed by atoms with van der Waals surface area (Å²) in [5.74, 6) is -0.321. The van der Waals surface area contributed by atoms with E-state index < -0.39 is 12.1 Å². The van der Waals surface area contributed by atoms with Crippen molar-refractivity contribution >= 4 is 0 Å². The lowest BCUT2D eigenvalue weighted by atomic mass is 10.0. The molecule has 0 radical (unpaired) electrons. The minimum absolute atomic E-state index is 0.0958. The van der Waals surface area contributed by atoms with Gasteiger partial charge in [0, 0.05) is 6.54 Å². The van der Waals surface area contributed by atoms with Gasteiger partial charge in [0.2, 0.25) is 0 Å². The molecule has 0 amide bonds. The lowest BCUT2D eigenvalue weighted by Gasteiger charge is -2.17. The molecular formula is C9H13FN2O. The van der Waals surface area contributed by atoms with Crippen molar-refractivity contribution in [1.82, 2.24) is 0 Å². The number of hydrogen-bond donors (Lipinski definition) is 3. The fourth-order valence-corrected chi connectivity index (χ4v) is 1.05. The Morgan fingerprint density at radius 1 is 1.31 bits per heavy atom. The van der Waals surface area contributed by atoms with E-state index in [9.17, 15) is 9.50 Å². The van der Waals surface area contributed by atoms with E-state index in [1.54, 1.807) is 12.1 Å². The van der Waals surface area contributed by atoms with Crippen molar-refractivity contribution < 1.29 is 9.50 Å². The Kier molecular flexibility index (Phi) is 3.36. The van der Waals surface area contributed by atoms with E-state index in [4.69, 9.17) is 11.5 Å². The van der Waals surface area contributed by atoms with Gasteiger partial charge >= 0.3 is 0 Å². The molecule has 13 heavy (non-hydrogen) atoms. The van der Waals surface area contributed by atoms with Gasteiger partial charge in [-0.1, -0.05) is 12.1 Å². The Bertz CT molecular complexity index is 263. The van der Waals surface area contributed by atoms with Crippen LogP contribution in [-0.2, 0) is 0 Å². The molecule has 0 heterocycles. The summed E-state index contributed by atoms with van der Waals surface area (Å²) in [7, 11) is 0. The Balaban J connectivity index is 2.77. The van der Waals surface area contributed by atoms with Crippen LogP contribution in [0.3, 0.4) is 0 Å². The first-order valence-electron chi connectivity index (χ1n) is 4.04. The highest BCUT2D eigenvalue weighted by atomic mass is 19.1. The van der Waals surface area contributed by atoms with E-state index in [0.29, 0.717) is 5.56 Å². The van der Waals surface area contributed by atoms with Crippen LogP contribution in [0.4, 0.5) is 4.39 Å². The molecule has 2 unspecified atom stereocenters. The maximum atomic E-state index is 12.5. The van der Waals surface area contributed by atoms with E-state index in [1.165, 1.54) is 12.1 Å². The van der Waals surface area contributed by atoms with E-state index in [-0.39, 0.29) is 12.4 Å². The minimum Gasteiger partial charge on any atom is -0.390 e. The van der Waals surface area contributed by atoms with Crippen molar-refractivity contribution in [3.05, 3.63) is 35.6 Å². The quantitative estimate of drug-likeness (QED) is 0.626. The van der Waals surface area contributed by atoms with Crippen LogP contribution in [0.2, 0.25) is 0 Å². The standard InChI is InChI=1S/C9H13FN2O/c10-7-3-1-6(2-4-7)9(12)8(13)5-11/h1-4,8-9,13H,5,11-12H2. The first-order valence-corrected chi connectivity index (χ1v) is 4.04. The molecule has 72 valence electrons. The Hall–Kier alpha value is -0.970. The first-order chi connectivity index (χ1) is 6.15. The summed E-state index contributed by atoms with van der Waals surface area (Å²) in [5.41, 5.74) is 11.6. The average molecular weight is 184 g/mol. The molecule has 0 saturated carbocycles. The van der Waals surface area contributed by atoms with E-state index >= 15 is 0 Å². The van der Waals surface area contributed by atoms with Gasteiger partial charge in [0.15, 0.2) is 0 Å². The number of benzene rings is 1. The zero-order chi connectivity index (χ0) is 9.84. The zero-order valence-electron chi connectivity index (χ0n) is 7.15. The Labute approximate surface area is 76.2 Å². The molecule has 0 aliphatic carbocycles. The number of aliphatic hydroxyl groups is 1.